The summed E-state index contributed by atoms with van der Waals surface area (Å²) in [5, 5.41) is 4.02. The van der Waals surface area contributed by atoms with Crippen LogP contribution in [0.25, 0.3) is 21.8 Å². The van der Waals surface area contributed by atoms with Crippen molar-refractivity contribution in [1.29, 1.82) is 0 Å². The van der Waals surface area contributed by atoms with Gasteiger partial charge in [-0.25, -0.2) is 9.97 Å². The summed E-state index contributed by atoms with van der Waals surface area (Å²) in [6.07, 6.45) is 8.69. The monoisotopic (exact) mass is 609 g/mol. The van der Waals surface area contributed by atoms with Crippen LogP contribution >= 0.6 is 11.3 Å². The van der Waals surface area contributed by atoms with Crippen molar-refractivity contribution in [3.05, 3.63) is 77.9 Å². The maximum Gasteiger partial charge on any atom is 0.277 e. The van der Waals surface area contributed by atoms with Crippen molar-refractivity contribution in [2.75, 3.05) is 41.3 Å². The summed E-state index contributed by atoms with van der Waals surface area (Å²) in [5.41, 5.74) is 4.37. The smallest absolute Gasteiger partial charge is 0.277 e. The van der Waals surface area contributed by atoms with E-state index in [1.165, 1.54) is 18.2 Å². The Balaban J connectivity index is 1.12. The SMILES string of the molecule is Cc1cc(-c2nc(C(=O)Nc3cc4sc(N5CCCC(OCc6ccccc6)C5)nc4nc3N3CCCCC3)co2)ccn1. The molecule has 2 aliphatic rings. The van der Waals surface area contributed by atoms with Crippen molar-refractivity contribution in [1.82, 2.24) is 19.9 Å². The number of anilines is 3. The summed E-state index contributed by atoms with van der Waals surface area (Å²) in [4.78, 5) is 36.7. The Morgan fingerprint density at radius 3 is 2.70 bits per heavy atom. The van der Waals surface area contributed by atoms with Crippen molar-refractivity contribution in [2.45, 2.75) is 51.7 Å². The molecule has 0 radical (unpaired) electrons. The van der Waals surface area contributed by atoms with Gasteiger partial charge in [0.25, 0.3) is 5.91 Å². The number of oxazole rings is 1. The van der Waals surface area contributed by atoms with Crippen LogP contribution in [0.1, 0.15) is 53.8 Å². The Kier molecular flexibility index (Phi) is 8.21. The number of rotatable bonds is 8. The molecule has 1 atom stereocenters. The fraction of sp³-hybridized carbons (Fsp3) is 0.364. The number of carbonyl (C=O) groups excluding carboxylic acids is 1. The standard InChI is InChI=1S/C33H35N7O3S/c1-22-17-24(12-13-34-22)32-36-27(21-43-32)31(41)35-26-18-28-29(37-30(26)39-14-6-3-7-15-39)38-33(44-28)40-16-8-11-25(19-40)42-20-23-9-4-2-5-10-23/h2,4-5,9-10,12-13,17-18,21,25H,3,6-8,11,14-16,19-20H2,1H3,(H,35,41). The zero-order valence-electron chi connectivity index (χ0n) is 24.7. The van der Waals surface area contributed by atoms with Gasteiger partial charge in [-0.3, -0.25) is 9.78 Å². The van der Waals surface area contributed by atoms with Crippen LogP contribution in [-0.2, 0) is 11.3 Å². The summed E-state index contributed by atoms with van der Waals surface area (Å²) < 4.78 is 12.9. The molecule has 2 aliphatic heterocycles. The Hall–Kier alpha value is -4.35. The number of pyridine rings is 2. The highest BCUT2D eigenvalue weighted by Crippen LogP contribution is 2.36. The van der Waals surface area contributed by atoms with Crippen LogP contribution in [0.15, 0.2) is 65.4 Å². The number of hydrogen-bond acceptors (Lipinski definition) is 10. The normalized spacial score (nSPS) is 17.2. The van der Waals surface area contributed by atoms with Gasteiger partial charge in [0, 0.05) is 43.6 Å². The van der Waals surface area contributed by atoms with Gasteiger partial charge in [-0.1, -0.05) is 41.7 Å². The van der Waals surface area contributed by atoms with Gasteiger partial charge in [-0.15, -0.1) is 0 Å². The molecule has 0 spiro atoms. The van der Waals surface area contributed by atoms with Crippen LogP contribution in [0.2, 0.25) is 0 Å². The molecule has 1 aromatic carbocycles. The predicted molar refractivity (Wildman–Crippen MR) is 172 cm³/mol. The first-order chi connectivity index (χ1) is 21.6. The molecule has 226 valence electrons. The van der Waals surface area contributed by atoms with E-state index in [4.69, 9.17) is 19.1 Å². The number of fused-ring (bicyclic) bond motifs is 1. The molecule has 1 amide bonds. The molecule has 44 heavy (non-hydrogen) atoms. The molecule has 0 aliphatic carbocycles. The van der Waals surface area contributed by atoms with E-state index in [-0.39, 0.29) is 17.7 Å². The maximum atomic E-state index is 13.4. The van der Waals surface area contributed by atoms with Gasteiger partial charge in [0.05, 0.1) is 23.1 Å². The van der Waals surface area contributed by atoms with E-state index in [9.17, 15) is 4.79 Å². The highest BCUT2D eigenvalue weighted by atomic mass is 32.1. The van der Waals surface area contributed by atoms with E-state index in [0.717, 1.165) is 78.8 Å². The van der Waals surface area contributed by atoms with Gasteiger partial charge in [0.1, 0.15) is 6.26 Å². The number of hydrogen-bond donors (Lipinski definition) is 1. The minimum Gasteiger partial charge on any atom is -0.444 e. The summed E-state index contributed by atoms with van der Waals surface area (Å²) in [7, 11) is 0. The number of piperidine rings is 2. The van der Waals surface area contributed by atoms with Crippen molar-refractivity contribution in [2.24, 2.45) is 0 Å². The van der Waals surface area contributed by atoms with Crippen LogP contribution in [0.3, 0.4) is 0 Å². The number of amides is 1. The van der Waals surface area contributed by atoms with Gasteiger partial charge in [-0.05, 0) is 62.8 Å². The lowest BCUT2D eigenvalue weighted by Crippen LogP contribution is -2.39. The fourth-order valence-electron chi connectivity index (χ4n) is 5.83. The lowest BCUT2D eigenvalue weighted by Gasteiger charge is -2.32. The fourth-order valence-corrected chi connectivity index (χ4v) is 6.81. The van der Waals surface area contributed by atoms with Crippen LogP contribution in [0.5, 0.6) is 0 Å². The number of ether oxygens (including phenoxy) is 1. The molecule has 10 nitrogen and oxygen atoms in total. The van der Waals surface area contributed by atoms with E-state index in [2.05, 4.69) is 37.2 Å². The minimum atomic E-state index is -0.343. The second-order valence-corrected chi connectivity index (χ2v) is 12.4. The summed E-state index contributed by atoms with van der Waals surface area (Å²) in [6.45, 7) is 6.01. The number of benzene rings is 1. The molecular weight excluding hydrogens is 574 g/mol. The first-order valence-corrected chi connectivity index (χ1v) is 16.1. The van der Waals surface area contributed by atoms with E-state index in [1.54, 1.807) is 17.5 Å². The van der Waals surface area contributed by atoms with Gasteiger partial charge in [0.15, 0.2) is 22.3 Å². The van der Waals surface area contributed by atoms with E-state index >= 15 is 0 Å². The van der Waals surface area contributed by atoms with Crippen molar-refractivity contribution in [3.8, 4) is 11.5 Å². The number of aromatic nitrogens is 4. The van der Waals surface area contributed by atoms with Crippen molar-refractivity contribution >= 4 is 44.2 Å². The molecule has 6 heterocycles. The third-order valence-electron chi connectivity index (χ3n) is 8.11. The highest BCUT2D eigenvalue weighted by Gasteiger charge is 2.26. The molecule has 0 saturated carbocycles. The van der Waals surface area contributed by atoms with Gasteiger partial charge in [0.2, 0.25) is 5.89 Å². The maximum absolute atomic E-state index is 13.4. The highest BCUT2D eigenvalue weighted by molar-refractivity contribution is 7.22. The number of carbonyl (C=O) groups is 1. The van der Waals surface area contributed by atoms with Crippen LogP contribution in [0, 0.1) is 6.92 Å². The number of thiazole rings is 1. The predicted octanol–water partition coefficient (Wildman–Crippen LogP) is 6.48. The lowest BCUT2D eigenvalue weighted by molar-refractivity contribution is 0.0316. The first-order valence-electron chi connectivity index (χ1n) is 15.3. The zero-order valence-corrected chi connectivity index (χ0v) is 25.6. The van der Waals surface area contributed by atoms with Crippen LogP contribution in [-0.4, -0.2) is 58.1 Å². The van der Waals surface area contributed by atoms with Crippen molar-refractivity contribution in [3.63, 3.8) is 0 Å². The molecule has 0 bridgehead atoms. The van der Waals surface area contributed by atoms with Gasteiger partial charge < -0.3 is 24.3 Å². The third-order valence-corrected chi connectivity index (χ3v) is 9.17. The number of aryl methyl sites for hydroxylation is 1. The lowest BCUT2D eigenvalue weighted by atomic mass is 10.1. The van der Waals surface area contributed by atoms with E-state index in [0.29, 0.717) is 23.8 Å². The number of nitrogens with one attached hydrogen (secondary N) is 1. The van der Waals surface area contributed by atoms with Gasteiger partial charge >= 0.3 is 0 Å². The second kappa shape index (κ2) is 12.7. The molecule has 2 saturated heterocycles. The van der Waals surface area contributed by atoms with E-state index < -0.39 is 0 Å². The summed E-state index contributed by atoms with van der Waals surface area (Å²) in [5.74, 6) is 0.785. The molecule has 1 unspecified atom stereocenters. The average Bonchev–Trinajstić information content (AvgIpc) is 3.73. The quantitative estimate of drug-likeness (QED) is 0.211. The molecule has 4 aromatic heterocycles. The number of nitrogens with zero attached hydrogens (tertiary/aromatic N) is 6. The Bertz CT molecular complexity index is 1750. The molecule has 5 aromatic rings. The Morgan fingerprint density at radius 2 is 1.86 bits per heavy atom. The Morgan fingerprint density at radius 1 is 1.02 bits per heavy atom. The molecular formula is C33H35N7O3S. The summed E-state index contributed by atoms with van der Waals surface area (Å²) >= 11 is 1.60. The molecule has 7 rings (SSSR count). The van der Waals surface area contributed by atoms with Crippen LogP contribution in [0.4, 0.5) is 16.6 Å². The molecule has 1 N–H and O–H groups in total. The minimum absolute atomic E-state index is 0.145. The largest absolute Gasteiger partial charge is 0.444 e. The van der Waals surface area contributed by atoms with E-state index in [1.807, 2.05) is 43.3 Å². The summed E-state index contributed by atoms with van der Waals surface area (Å²) in [6, 6.07) is 16.0. The van der Waals surface area contributed by atoms with Gasteiger partial charge in [-0.2, -0.15) is 4.98 Å². The van der Waals surface area contributed by atoms with Crippen molar-refractivity contribution < 1.29 is 13.9 Å². The zero-order chi connectivity index (χ0) is 29.9. The Labute approximate surface area is 260 Å². The third kappa shape index (κ3) is 6.29. The topological polar surface area (TPSA) is 110 Å². The van der Waals surface area contributed by atoms with Crippen LogP contribution < -0.4 is 15.1 Å². The second-order valence-electron chi connectivity index (χ2n) is 11.4. The first kappa shape index (κ1) is 28.4. The average molecular weight is 610 g/mol. The molecule has 2 fully saturated rings. The molecule has 11 heteroatoms.